The first-order valence-electron chi connectivity index (χ1n) is 9.75. The molecular weight excluding hydrogens is 438 g/mol. The van der Waals surface area contributed by atoms with Gasteiger partial charge in [-0.25, -0.2) is 13.4 Å². The molecule has 0 unspecified atom stereocenters. The maximum Gasteiger partial charge on any atom is 0.257 e. The molecule has 8 nitrogen and oxygen atoms in total. The number of rotatable bonds is 5. The smallest absolute Gasteiger partial charge is 0.257 e. The summed E-state index contributed by atoms with van der Waals surface area (Å²) >= 11 is 1.13. The Balaban J connectivity index is 1.54. The fourth-order valence-electron chi connectivity index (χ4n) is 3.47. The first kappa shape index (κ1) is 21.4. The van der Waals surface area contributed by atoms with E-state index < -0.39 is 9.84 Å². The molecule has 4 rings (SSSR count). The van der Waals surface area contributed by atoms with Gasteiger partial charge in [0, 0.05) is 12.5 Å². The zero-order valence-corrected chi connectivity index (χ0v) is 18.6. The molecule has 162 valence electrons. The molecule has 0 aliphatic carbocycles. The molecule has 0 spiro atoms. The Labute approximate surface area is 183 Å². The number of aromatic nitrogens is 1. The Morgan fingerprint density at radius 2 is 2.06 bits per heavy atom. The van der Waals surface area contributed by atoms with Crippen LogP contribution < -0.4 is 10.2 Å². The van der Waals surface area contributed by atoms with Gasteiger partial charge in [0.2, 0.25) is 11.8 Å². The largest absolute Gasteiger partial charge is 0.431 e. The van der Waals surface area contributed by atoms with Crippen LogP contribution in [-0.4, -0.2) is 42.8 Å². The minimum Gasteiger partial charge on any atom is -0.431 e. The lowest BCUT2D eigenvalue weighted by Gasteiger charge is -2.27. The van der Waals surface area contributed by atoms with Crippen molar-refractivity contribution in [2.75, 3.05) is 21.7 Å². The van der Waals surface area contributed by atoms with E-state index >= 15 is 0 Å². The molecule has 3 aromatic rings. The normalized spacial score (nSPS) is 16.6. The second-order valence-electron chi connectivity index (χ2n) is 7.18. The molecule has 0 bridgehead atoms. The van der Waals surface area contributed by atoms with Crippen molar-refractivity contribution in [3.63, 3.8) is 0 Å². The minimum atomic E-state index is -3.35. The van der Waals surface area contributed by atoms with Crippen molar-refractivity contribution < 1.29 is 22.4 Å². The van der Waals surface area contributed by atoms with Gasteiger partial charge in [-0.15, -0.1) is 0 Å². The van der Waals surface area contributed by atoms with Gasteiger partial charge < -0.3 is 14.6 Å². The highest BCUT2D eigenvalue weighted by atomic mass is 32.2. The first-order chi connectivity index (χ1) is 14.8. The molecule has 31 heavy (non-hydrogen) atoms. The molecule has 2 heterocycles. The van der Waals surface area contributed by atoms with Crippen LogP contribution in [0.5, 0.6) is 0 Å². The van der Waals surface area contributed by atoms with E-state index in [1.807, 2.05) is 13.0 Å². The number of fused-ring (bicyclic) bond motifs is 2. The average molecular weight is 460 g/mol. The molecule has 1 N–H and O–H groups in total. The van der Waals surface area contributed by atoms with Crippen LogP contribution in [-0.2, 0) is 19.4 Å². The van der Waals surface area contributed by atoms with Crippen LogP contribution in [0.3, 0.4) is 0 Å². The molecule has 0 fully saturated rings. The van der Waals surface area contributed by atoms with Crippen LogP contribution in [0.1, 0.15) is 20.3 Å². The van der Waals surface area contributed by atoms with Crippen LogP contribution in [0.4, 0.5) is 11.4 Å². The lowest BCUT2D eigenvalue weighted by Crippen LogP contribution is -2.40. The van der Waals surface area contributed by atoms with Crippen molar-refractivity contribution >= 4 is 55.9 Å². The third-order valence-electron chi connectivity index (χ3n) is 5.03. The summed E-state index contributed by atoms with van der Waals surface area (Å²) in [6.07, 6.45) is 0.197. The molecule has 1 atom stereocenters. The summed E-state index contributed by atoms with van der Waals surface area (Å²) in [6.45, 7) is 3.42. The SMILES string of the molecule is CCS(=O)(=O)c1ccc2oc(SCC(=O)N3c4ccccc4NC(=O)C[C@@H]3C)nc2c1. The van der Waals surface area contributed by atoms with E-state index in [4.69, 9.17) is 4.42 Å². The monoisotopic (exact) mass is 459 g/mol. The second-order valence-corrected chi connectivity index (χ2v) is 10.4. The quantitative estimate of drug-likeness (QED) is 0.582. The zero-order chi connectivity index (χ0) is 22.2. The first-order valence-corrected chi connectivity index (χ1v) is 12.4. The lowest BCUT2D eigenvalue weighted by atomic mass is 10.2. The van der Waals surface area contributed by atoms with Crippen molar-refractivity contribution in [3.05, 3.63) is 42.5 Å². The second kappa shape index (κ2) is 8.35. The number of nitrogens with zero attached hydrogens (tertiary/aromatic N) is 2. The number of nitrogens with one attached hydrogen (secondary N) is 1. The summed E-state index contributed by atoms with van der Waals surface area (Å²) in [4.78, 5) is 31.3. The maximum atomic E-state index is 13.1. The molecule has 0 radical (unpaired) electrons. The number of hydrogen-bond donors (Lipinski definition) is 1. The van der Waals surface area contributed by atoms with E-state index in [1.165, 1.54) is 12.1 Å². The number of sulfone groups is 1. The van der Waals surface area contributed by atoms with E-state index in [0.29, 0.717) is 22.5 Å². The Morgan fingerprint density at radius 3 is 2.84 bits per heavy atom. The van der Waals surface area contributed by atoms with Crippen molar-refractivity contribution in [3.8, 4) is 0 Å². The average Bonchev–Trinajstić information content (AvgIpc) is 3.10. The fraction of sp³-hybridized carbons (Fsp3) is 0.286. The van der Waals surface area contributed by atoms with E-state index in [0.717, 1.165) is 11.8 Å². The number of benzene rings is 2. The van der Waals surface area contributed by atoms with Crippen LogP contribution >= 0.6 is 11.8 Å². The molecule has 1 aliphatic heterocycles. The highest BCUT2D eigenvalue weighted by molar-refractivity contribution is 7.99. The van der Waals surface area contributed by atoms with Gasteiger partial charge in [0.15, 0.2) is 15.4 Å². The summed E-state index contributed by atoms with van der Waals surface area (Å²) < 4.78 is 29.8. The van der Waals surface area contributed by atoms with Gasteiger partial charge in [-0.3, -0.25) is 9.59 Å². The number of amides is 2. The van der Waals surface area contributed by atoms with Gasteiger partial charge in [-0.05, 0) is 37.3 Å². The third kappa shape index (κ3) is 4.31. The molecule has 2 aromatic carbocycles. The maximum absolute atomic E-state index is 13.1. The topological polar surface area (TPSA) is 110 Å². The lowest BCUT2D eigenvalue weighted by molar-refractivity contribution is -0.117. The number of carbonyl (C=O) groups excluding carboxylic acids is 2. The van der Waals surface area contributed by atoms with Crippen LogP contribution in [0.15, 0.2) is 57.0 Å². The predicted molar refractivity (Wildman–Crippen MR) is 119 cm³/mol. The van der Waals surface area contributed by atoms with Crippen molar-refractivity contribution in [1.29, 1.82) is 0 Å². The van der Waals surface area contributed by atoms with Crippen molar-refractivity contribution in [2.24, 2.45) is 0 Å². The van der Waals surface area contributed by atoms with Crippen molar-refractivity contribution in [2.45, 2.75) is 36.4 Å². The summed E-state index contributed by atoms with van der Waals surface area (Å²) in [6, 6.07) is 11.4. The summed E-state index contributed by atoms with van der Waals surface area (Å²) in [5.41, 5.74) is 2.13. The number of thioether (sulfide) groups is 1. The standard InChI is InChI=1S/C21H21N3O5S2/c1-3-31(27,28)14-8-9-18-16(11-14)23-21(29-18)30-12-20(26)24-13(2)10-19(25)22-15-6-4-5-7-17(15)24/h4-9,11,13H,3,10,12H2,1-2H3,(H,22,25)/t13-/m0/s1. The Hall–Kier alpha value is -2.85. The Kier molecular flexibility index (Phi) is 5.76. The minimum absolute atomic E-state index is 0.000674. The van der Waals surface area contributed by atoms with Crippen molar-refractivity contribution in [1.82, 2.24) is 4.98 Å². The van der Waals surface area contributed by atoms with Gasteiger partial charge in [0.05, 0.1) is 27.8 Å². The highest BCUT2D eigenvalue weighted by Gasteiger charge is 2.29. The van der Waals surface area contributed by atoms with E-state index in [-0.39, 0.29) is 45.9 Å². The molecule has 2 amide bonds. The fourth-order valence-corrected chi connectivity index (χ4v) is 5.07. The summed E-state index contributed by atoms with van der Waals surface area (Å²) in [5, 5.41) is 3.11. The van der Waals surface area contributed by atoms with Gasteiger partial charge in [-0.2, -0.15) is 0 Å². The third-order valence-corrected chi connectivity index (χ3v) is 7.57. The van der Waals surface area contributed by atoms with Gasteiger partial charge >= 0.3 is 0 Å². The van der Waals surface area contributed by atoms with Gasteiger partial charge in [0.25, 0.3) is 5.22 Å². The number of oxazole rings is 1. The molecule has 1 aliphatic rings. The molecule has 0 saturated heterocycles. The van der Waals surface area contributed by atoms with Crippen LogP contribution in [0, 0.1) is 0 Å². The predicted octanol–water partition coefficient (Wildman–Crippen LogP) is 3.48. The zero-order valence-electron chi connectivity index (χ0n) is 17.0. The van der Waals surface area contributed by atoms with E-state index in [2.05, 4.69) is 10.3 Å². The molecule has 1 aromatic heterocycles. The van der Waals surface area contributed by atoms with E-state index in [9.17, 15) is 18.0 Å². The Morgan fingerprint density at radius 1 is 1.29 bits per heavy atom. The molecule has 0 saturated carbocycles. The Bertz CT molecular complexity index is 1270. The summed E-state index contributed by atoms with van der Waals surface area (Å²) in [5.74, 6) is -0.267. The number of hydrogen-bond acceptors (Lipinski definition) is 7. The van der Waals surface area contributed by atoms with Gasteiger partial charge in [0.1, 0.15) is 5.52 Å². The molecular formula is C21H21N3O5S2. The number of anilines is 2. The van der Waals surface area contributed by atoms with Crippen LogP contribution in [0.25, 0.3) is 11.1 Å². The summed E-state index contributed by atoms with van der Waals surface area (Å²) in [7, 11) is -3.35. The number of para-hydroxylation sites is 2. The van der Waals surface area contributed by atoms with Gasteiger partial charge in [-0.1, -0.05) is 30.8 Å². The highest BCUT2D eigenvalue weighted by Crippen LogP contribution is 2.33. The van der Waals surface area contributed by atoms with E-state index in [1.54, 1.807) is 36.1 Å². The molecule has 10 heteroatoms. The van der Waals surface area contributed by atoms with Crippen LogP contribution in [0.2, 0.25) is 0 Å². The number of carbonyl (C=O) groups is 2.